The predicted molar refractivity (Wildman–Crippen MR) is 70.5 cm³/mol. The lowest BCUT2D eigenvalue weighted by atomic mass is 10.0. The van der Waals surface area contributed by atoms with E-state index in [9.17, 15) is 0 Å². The molecule has 0 amide bonds. The van der Waals surface area contributed by atoms with Crippen LogP contribution in [0.1, 0.15) is 18.9 Å². The molecule has 2 rings (SSSR count). The zero-order valence-corrected chi connectivity index (χ0v) is 10.7. The van der Waals surface area contributed by atoms with Crippen molar-refractivity contribution in [3.63, 3.8) is 0 Å². The first kappa shape index (κ1) is 12.9. The Bertz CT molecular complexity index is 416. The second-order valence-corrected chi connectivity index (χ2v) is 4.90. The van der Waals surface area contributed by atoms with Gasteiger partial charge in [-0.25, -0.2) is 0 Å². The van der Waals surface area contributed by atoms with E-state index in [-0.39, 0.29) is 5.54 Å². The molecule has 18 heavy (non-hydrogen) atoms. The maximum atomic E-state index is 8.69. The first-order valence-corrected chi connectivity index (χ1v) is 6.31. The van der Waals surface area contributed by atoms with Crippen LogP contribution in [0.25, 0.3) is 0 Å². The summed E-state index contributed by atoms with van der Waals surface area (Å²) in [7, 11) is 0. The Labute approximate surface area is 108 Å². The van der Waals surface area contributed by atoms with Crippen LogP contribution in [-0.2, 0) is 0 Å². The van der Waals surface area contributed by atoms with Gasteiger partial charge in [-0.2, -0.15) is 5.26 Å². The molecule has 1 aromatic carbocycles. The summed E-state index contributed by atoms with van der Waals surface area (Å²) in [4.78, 5) is 0. The van der Waals surface area contributed by atoms with E-state index in [0.717, 1.165) is 31.8 Å². The fraction of sp³-hybridized carbons (Fsp3) is 0.500. The second kappa shape index (κ2) is 5.85. The summed E-state index contributed by atoms with van der Waals surface area (Å²) in [5, 5.41) is 15.5. The average Bonchev–Trinajstić information content (AvgIpc) is 2.83. The Morgan fingerprint density at radius 2 is 2.22 bits per heavy atom. The first-order chi connectivity index (χ1) is 8.72. The van der Waals surface area contributed by atoms with E-state index in [1.807, 2.05) is 12.1 Å². The molecule has 0 aromatic heterocycles. The van der Waals surface area contributed by atoms with E-state index in [2.05, 4.69) is 23.6 Å². The molecule has 0 spiro atoms. The van der Waals surface area contributed by atoms with Gasteiger partial charge in [-0.05, 0) is 44.2 Å². The number of nitrogens with one attached hydrogen (secondary N) is 2. The number of benzene rings is 1. The van der Waals surface area contributed by atoms with Crippen LogP contribution in [0.4, 0.5) is 0 Å². The second-order valence-electron chi connectivity index (χ2n) is 4.90. The average molecular weight is 245 g/mol. The van der Waals surface area contributed by atoms with Gasteiger partial charge in [-0.15, -0.1) is 0 Å². The van der Waals surface area contributed by atoms with Crippen molar-refractivity contribution in [2.45, 2.75) is 18.9 Å². The highest BCUT2D eigenvalue weighted by molar-refractivity contribution is 5.34. The molecule has 0 aliphatic carbocycles. The molecule has 0 saturated carbocycles. The monoisotopic (exact) mass is 245 g/mol. The van der Waals surface area contributed by atoms with Crippen LogP contribution in [0.15, 0.2) is 24.3 Å². The largest absolute Gasteiger partial charge is 0.492 e. The molecule has 2 N–H and O–H groups in total. The van der Waals surface area contributed by atoms with Gasteiger partial charge in [0.2, 0.25) is 0 Å². The van der Waals surface area contributed by atoms with Crippen LogP contribution >= 0.6 is 0 Å². The fourth-order valence-corrected chi connectivity index (χ4v) is 2.12. The first-order valence-electron chi connectivity index (χ1n) is 6.31. The quantitative estimate of drug-likeness (QED) is 0.767. The van der Waals surface area contributed by atoms with Crippen LogP contribution in [0, 0.1) is 11.3 Å². The van der Waals surface area contributed by atoms with Gasteiger partial charge < -0.3 is 15.4 Å². The molecule has 0 bridgehead atoms. The lowest BCUT2D eigenvalue weighted by Crippen LogP contribution is -2.45. The number of nitrogens with zero attached hydrogens (tertiary/aromatic N) is 1. The lowest BCUT2D eigenvalue weighted by Gasteiger charge is -2.24. The number of hydrogen-bond acceptors (Lipinski definition) is 4. The van der Waals surface area contributed by atoms with E-state index in [4.69, 9.17) is 10.00 Å². The minimum atomic E-state index is 0.202. The highest BCUT2D eigenvalue weighted by Crippen LogP contribution is 2.13. The van der Waals surface area contributed by atoms with Gasteiger partial charge in [-0.1, -0.05) is 0 Å². The van der Waals surface area contributed by atoms with E-state index in [1.54, 1.807) is 12.1 Å². The standard InChI is InChI=1S/C14H19N3O/c1-14(6-7-16-11-14)17-8-9-18-13-4-2-12(10-15)3-5-13/h2-5,16-17H,6-9,11H2,1H3. The van der Waals surface area contributed by atoms with Crippen molar-refractivity contribution in [3.8, 4) is 11.8 Å². The third-order valence-electron chi connectivity index (χ3n) is 3.27. The van der Waals surface area contributed by atoms with Crippen molar-refractivity contribution in [1.29, 1.82) is 5.26 Å². The topological polar surface area (TPSA) is 57.1 Å². The predicted octanol–water partition coefficient (Wildman–Crippen LogP) is 1.28. The zero-order chi connectivity index (χ0) is 12.8. The van der Waals surface area contributed by atoms with Crippen LogP contribution in [0.5, 0.6) is 5.75 Å². The maximum absolute atomic E-state index is 8.69. The molecular weight excluding hydrogens is 226 g/mol. The summed E-state index contributed by atoms with van der Waals surface area (Å²) in [6.45, 7) is 5.80. The zero-order valence-electron chi connectivity index (χ0n) is 10.7. The summed E-state index contributed by atoms with van der Waals surface area (Å²) in [5.41, 5.74) is 0.860. The fourth-order valence-electron chi connectivity index (χ4n) is 2.12. The molecule has 1 heterocycles. The minimum absolute atomic E-state index is 0.202. The van der Waals surface area contributed by atoms with E-state index in [1.165, 1.54) is 0 Å². The smallest absolute Gasteiger partial charge is 0.119 e. The number of nitriles is 1. The molecular formula is C14H19N3O. The van der Waals surface area contributed by atoms with Gasteiger partial charge in [0.1, 0.15) is 12.4 Å². The third-order valence-corrected chi connectivity index (χ3v) is 3.27. The van der Waals surface area contributed by atoms with Crippen LogP contribution < -0.4 is 15.4 Å². The summed E-state index contributed by atoms with van der Waals surface area (Å²) in [6, 6.07) is 9.29. The molecule has 1 aliphatic heterocycles. The van der Waals surface area contributed by atoms with Gasteiger partial charge in [0.05, 0.1) is 11.6 Å². The van der Waals surface area contributed by atoms with E-state index >= 15 is 0 Å². The normalized spacial score (nSPS) is 22.7. The molecule has 4 heteroatoms. The summed E-state index contributed by atoms with van der Waals surface area (Å²) in [5.74, 6) is 0.811. The van der Waals surface area contributed by atoms with Crippen molar-refractivity contribution in [2.75, 3.05) is 26.2 Å². The maximum Gasteiger partial charge on any atom is 0.119 e. The molecule has 0 radical (unpaired) electrons. The Hall–Kier alpha value is -1.57. The van der Waals surface area contributed by atoms with E-state index in [0.29, 0.717) is 12.2 Å². The summed E-state index contributed by atoms with van der Waals surface area (Å²) < 4.78 is 5.62. The molecule has 1 atom stereocenters. The van der Waals surface area contributed by atoms with Crippen LogP contribution in [0.2, 0.25) is 0 Å². The Morgan fingerprint density at radius 3 is 2.83 bits per heavy atom. The number of ether oxygens (including phenoxy) is 1. The summed E-state index contributed by atoms with van der Waals surface area (Å²) >= 11 is 0. The molecule has 1 fully saturated rings. The lowest BCUT2D eigenvalue weighted by molar-refractivity contribution is 0.283. The van der Waals surface area contributed by atoms with Gasteiger partial charge >= 0.3 is 0 Å². The van der Waals surface area contributed by atoms with Crippen LogP contribution in [-0.4, -0.2) is 31.8 Å². The SMILES string of the molecule is CC1(NCCOc2ccc(C#N)cc2)CCNC1. The van der Waals surface area contributed by atoms with Crippen molar-refractivity contribution < 1.29 is 4.74 Å². The molecule has 1 saturated heterocycles. The summed E-state index contributed by atoms with van der Waals surface area (Å²) in [6.07, 6.45) is 1.16. The molecule has 1 aromatic rings. The van der Waals surface area contributed by atoms with Crippen molar-refractivity contribution in [1.82, 2.24) is 10.6 Å². The number of hydrogen-bond donors (Lipinski definition) is 2. The van der Waals surface area contributed by atoms with Gasteiger partial charge in [0, 0.05) is 18.6 Å². The highest BCUT2D eigenvalue weighted by atomic mass is 16.5. The van der Waals surface area contributed by atoms with Crippen molar-refractivity contribution in [3.05, 3.63) is 29.8 Å². The minimum Gasteiger partial charge on any atom is -0.492 e. The molecule has 96 valence electrons. The van der Waals surface area contributed by atoms with Crippen LogP contribution in [0.3, 0.4) is 0 Å². The Kier molecular flexibility index (Phi) is 4.19. The van der Waals surface area contributed by atoms with Crippen molar-refractivity contribution >= 4 is 0 Å². The molecule has 4 nitrogen and oxygen atoms in total. The molecule has 1 unspecified atom stereocenters. The highest BCUT2D eigenvalue weighted by Gasteiger charge is 2.27. The Balaban J connectivity index is 1.70. The van der Waals surface area contributed by atoms with Gasteiger partial charge in [0.25, 0.3) is 0 Å². The molecule has 1 aliphatic rings. The van der Waals surface area contributed by atoms with Crippen molar-refractivity contribution in [2.24, 2.45) is 0 Å². The number of rotatable bonds is 5. The Morgan fingerprint density at radius 1 is 1.44 bits per heavy atom. The van der Waals surface area contributed by atoms with E-state index < -0.39 is 0 Å². The van der Waals surface area contributed by atoms with Gasteiger partial charge in [-0.3, -0.25) is 0 Å². The third kappa shape index (κ3) is 3.46. The van der Waals surface area contributed by atoms with Gasteiger partial charge in [0.15, 0.2) is 0 Å².